The number of thiol groups is 1. The lowest BCUT2D eigenvalue weighted by atomic mass is 9.97. The molecule has 2 aliphatic heterocycles. The Balaban J connectivity index is 2.50. The summed E-state index contributed by atoms with van der Waals surface area (Å²) in [6.07, 6.45) is -5.44. The third kappa shape index (κ3) is 6.55. The zero-order valence-electron chi connectivity index (χ0n) is 17.2. The van der Waals surface area contributed by atoms with Gasteiger partial charge in [-0.3, -0.25) is 24.0 Å². The van der Waals surface area contributed by atoms with Gasteiger partial charge in [0.05, 0.1) is 0 Å². The summed E-state index contributed by atoms with van der Waals surface area (Å²) < 4.78 is 26.8. The second-order valence-electron chi connectivity index (χ2n) is 6.60. The van der Waals surface area contributed by atoms with Crippen molar-refractivity contribution in [2.75, 3.05) is 6.61 Å². The zero-order valence-corrected chi connectivity index (χ0v) is 18.1. The molecule has 0 radical (unpaired) electrons. The van der Waals surface area contributed by atoms with Crippen LogP contribution in [0, 0.1) is 0 Å². The lowest BCUT2D eigenvalue weighted by molar-refractivity contribution is -0.280. The average molecular weight is 461 g/mol. The number of rotatable bonds is 6. The van der Waals surface area contributed by atoms with E-state index in [9.17, 15) is 24.0 Å². The Kier molecular flexibility index (Phi) is 8.21. The predicted molar refractivity (Wildman–Crippen MR) is 103 cm³/mol. The van der Waals surface area contributed by atoms with Crippen molar-refractivity contribution in [3.8, 4) is 0 Å². The Morgan fingerprint density at radius 3 is 2.06 bits per heavy atom. The van der Waals surface area contributed by atoms with Gasteiger partial charge in [-0.1, -0.05) is 0 Å². The molecule has 0 aliphatic carbocycles. The summed E-state index contributed by atoms with van der Waals surface area (Å²) in [7, 11) is 0. The molecule has 1 N–H and O–H groups in total. The SMILES string of the molecule is CC(=O)OC[C@H]1O[C@@H](N2N=CC(=O)NC2S)[C@H](OC(C)=O)[C@@H](OC(C)=O)[C@@H]1OC(C)=O. The number of esters is 4. The van der Waals surface area contributed by atoms with Crippen LogP contribution in [0.5, 0.6) is 0 Å². The summed E-state index contributed by atoms with van der Waals surface area (Å²) in [5.41, 5.74) is -1.00. The van der Waals surface area contributed by atoms with Crippen LogP contribution in [0.2, 0.25) is 0 Å². The van der Waals surface area contributed by atoms with Crippen LogP contribution in [-0.4, -0.2) is 83.8 Å². The smallest absolute Gasteiger partial charge is 0.303 e. The van der Waals surface area contributed by atoms with Gasteiger partial charge in [0.25, 0.3) is 5.91 Å². The van der Waals surface area contributed by atoms with Gasteiger partial charge < -0.3 is 29.0 Å². The van der Waals surface area contributed by atoms with E-state index in [-0.39, 0.29) is 6.61 Å². The highest BCUT2D eigenvalue weighted by Crippen LogP contribution is 2.32. The molecule has 14 heteroatoms. The van der Waals surface area contributed by atoms with Crippen LogP contribution in [0.4, 0.5) is 0 Å². The molecule has 6 atom stereocenters. The van der Waals surface area contributed by atoms with Crippen LogP contribution in [0.3, 0.4) is 0 Å². The summed E-state index contributed by atoms with van der Waals surface area (Å²) in [5.74, 6) is -3.42. The van der Waals surface area contributed by atoms with Crippen LogP contribution in [0.15, 0.2) is 5.10 Å². The van der Waals surface area contributed by atoms with Crippen LogP contribution in [-0.2, 0) is 47.7 Å². The number of nitrogens with one attached hydrogen (secondary N) is 1. The molecule has 0 bridgehead atoms. The molecule has 172 valence electrons. The lowest BCUT2D eigenvalue weighted by Gasteiger charge is -2.48. The number of hydrazone groups is 1. The molecule has 1 fully saturated rings. The lowest BCUT2D eigenvalue weighted by Crippen LogP contribution is -2.67. The number of hydrogen-bond donors (Lipinski definition) is 2. The van der Waals surface area contributed by atoms with Crippen molar-refractivity contribution < 1.29 is 47.7 Å². The number of carbonyl (C=O) groups is 5. The Labute approximate surface area is 182 Å². The monoisotopic (exact) mass is 461 g/mol. The minimum Gasteiger partial charge on any atom is -0.463 e. The number of nitrogens with zero attached hydrogens (tertiary/aromatic N) is 2. The molecule has 1 amide bonds. The molecule has 1 saturated heterocycles. The number of hydrogen-bond acceptors (Lipinski definition) is 13. The quantitative estimate of drug-likeness (QED) is 0.275. The third-order valence-corrected chi connectivity index (χ3v) is 4.42. The van der Waals surface area contributed by atoms with Gasteiger partial charge in [0.1, 0.15) is 18.9 Å². The van der Waals surface area contributed by atoms with Crippen molar-refractivity contribution in [2.45, 2.75) is 63.8 Å². The minimum absolute atomic E-state index is 0.379. The number of amides is 1. The molecular formula is C17H23N3O10S. The fourth-order valence-corrected chi connectivity index (χ4v) is 3.35. The highest BCUT2D eigenvalue weighted by Gasteiger charge is 2.55. The molecule has 0 aromatic heterocycles. The van der Waals surface area contributed by atoms with Gasteiger partial charge in [-0.15, -0.1) is 12.6 Å². The van der Waals surface area contributed by atoms with Crippen LogP contribution >= 0.6 is 12.6 Å². The molecule has 13 nitrogen and oxygen atoms in total. The Morgan fingerprint density at radius 1 is 1.00 bits per heavy atom. The number of ether oxygens (including phenoxy) is 5. The van der Waals surface area contributed by atoms with Crippen LogP contribution in [0.25, 0.3) is 0 Å². The van der Waals surface area contributed by atoms with Crippen molar-refractivity contribution in [3.05, 3.63) is 0 Å². The first-order chi connectivity index (χ1) is 14.5. The van der Waals surface area contributed by atoms with Gasteiger partial charge in [-0.05, 0) is 0 Å². The zero-order chi connectivity index (χ0) is 23.3. The third-order valence-electron chi connectivity index (χ3n) is 4.06. The van der Waals surface area contributed by atoms with Crippen molar-refractivity contribution in [1.29, 1.82) is 0 Å². The van der Waals surface area contributed by atoms with E-state index < -0.39 is 65.9 Å². The summed E-state index contributed by atoms with van der Waals surface area (Å²) in [5, 5.41) is 7.57. The van der Waals surface area contributed by atoms with Gasteiger partial charge in [0, 0.05) is 27.7 Å². The van der Waals surface area contributed by atoms with Gasteiger partial charge in [-0.25, -0.2) is 5.01 Å². The van der Waals surface area contributed by atoms with Crippen LogP contribution in [0.1, 0.15) is 27.7 Å². The fourth-order valence-electron chi connectivity index (χ4n) is 3.04. The minimum atomic E-state index is -1.35. The van der Waals surface area contributed by atoms with E-state index in [0.717, 1.165) is 32.0 Å². The second-order valence-corrected chi connectivity index (χ2v) is 7.09. The van der Waals surface area contributed by atoms with Crippen LogP contribution < -0.4 is 5.32 Å². The fraction of sp³-hybridized carbons (Fsp3) is 0.647. The van der Waals surface area contributed by atoms with E-state index in [4.69, 9.17) is 23.7 Å². The van der Waals surface area contributed by atoms with E-state index in [1.165, 1.54) is 6.92 Å². The van der Waals surface area contributed by atoms with Crippen molar-refractivity contribution in [3.63, 3.8) is 0 Å². The first-order valence-electron chi connectivity index (χ1n) is 9.11. The van der Waals surface area contributed by atoms with Crippen molar-refractivity contribution in [2.24, 2.45) is 5.10 Å². The summed E-state index contributed by atoms with van der Waals surface area (Å²) >= 11 is 4.23. The molecule has 0 aromatic carbocycles. The molecule has 2 rings (SSSR count). The maximum atomic E-state index is 11.8. The van der Waals surface area contributed by atoms with E-state index in [2.05, 4.69) is 23.0 Å². The maximum Gasteiger partial charge on any atom is 0.303 e. The molecule has 0 aromatic rings. The van der Waals surface area contributed by atoms with E-state index in [0.29, 0.717) is 0 Å². The molecule has 0 spiro atoms. The summed E-state index contributed by atoms with van der Waals surface area (Å²) in [6.45, 7) is 4.14. The predicted octanol–water partition coefficient (Wildman–Crippen LogP) is -1.30. The average Bonchev–Trinajstić information content (AvgIpc) is 2.63. The molecular weight excluding hydrogens is 438 g/mol. The first kappa shape index (κ1) is 24.4. The molecule has 31 heavy (non-hydrogen) atoms. The molecule has 2 aliphatic rings. The standard InChI is InChI=1S/C17H23N3O10S/c1-7(21)26-6-11-13(27-8(2)22)14(28-9(3)23)15(29-10(4)24)16(30-11)20-17(31)19-12(25)5-18-20/h5,11,13-17,31H,6H2,1-4H3,(H,19,25)/t11-,13-,14+,15-,16-,17?/m1/s1. The van der Waals surface area contributed by atoms with Gasteiger partial charge in [0.15, 0.2) is 30.0 Å². The van der Waals surface area contributed by atoms with Gasteiger partial charge >= 0.3 is 23.9 Å². The molecule has 0 saturated carbocycles. The summed E-state index contributed by atoms with van der Waals surface area (Å²) in [4.78, 5) is 58.1. The Morgan fingerprint density at radius 2 is 1.55 bits per heavy atom. The van der Waals surface area contributed by atoms with Gasteiger partial charge in [-0.2, -0.15) is 5.10 Å². The first-order valence-corrected chi connectivity index (χ1v) is 9.62. The second kappa shape index (κ2) is 10.4. The van der Waals surface area contributed by atoms with E-state index >= 15 is 0 Å². The Hall–Kier alpha value is -2.87. The number of carbonyl (C=O) groups excluding carboxylic acids is 5. The topological polar surface area (TPSA) is 159 Å². The molecule has 2 heterocycles. The Bertz CT molecular complexity index is 773. The largest absolute Gasteiger partial charge is 0.463 e. The maximum absolute atomic E-state index is 11.8. The van der Waals surface area contributed by atoms with E-state index in [1.54, 1.807) is 0 Å². The highest BCUT2D eigenvalue weighted by atomic mass is 32.1. The normalized spacial score (nSPS) is 30.1. The highest BCUT2D eigenvalue weighted by molar-refractivity contribution is 7.80. The summed E-state index contributed by atoms with van der Waals surface area (Å²) in [6, 6.07) is 0. The van der Waals surface area contributed by atoms with Gasteiger partial charge in [0.2, 0.25) is 0 Å². The molecule has 1 unspecified atom stereocenters. The van der Waals surface area contributed by atoms with Crippen molar-refractivity contribution >= 4 is 48.6 Å². The van der Waals surface area contributed by atoms with Crippen molar-refractivity contribution in [1.82, 2.24) is 10.3 Å². The van der Waals surface area contributed by atoms with E-state index in [1.807, 2.05) is 0 Å².